The molecule has 1 aliphatic rings. The van der Waals surface area contributed by atoms with E-state index in [0.717, 1.165) is 44.2 Å². The summed E-state index contributed by atoms with van der Waals surface area (Å²) in [6, 6.07) is 11.4. The third kappa shape index (κ3) is 8.41. The largest absolute Gasteiger partial charge is 0.455 e. The van der Waals surface area contributed by atoms with E-state index in [1.54, 1.807) is 19.5 Å². The molecule has 1 aromatic carbocycles. The third-order valence-corrected chi connectivity index (χ3v) is 7.29. The predicted octanol–water partition coefficient (Wildman–Crippen LogP) is 4.93. The van der Waals surface area contributed by atoms with Crippen LogP contribution in [-0.2, 0) is 10.3 Å². The number of nitrogens with one attached hydrogen (secondary N) is 2. The first-order chi connectivity index (χ1) is 18.4. The number of rotatable bonds is 14. The van der Waals surface area contributed by atoms with Gasteiger partial charge in [-0.1, -0.05) is 32.0 Å². The Kier molecular flexibility index (Phi) is 11.8. The van der Waals surface area contributed by atoms with Crippen LogP contribution in [0.3, 0.4) is 0 Å². The summed E-state index contributed by atoms with van der Waals surface area (Å²) in [5.74, 6) is 1.58. The molecule has 1 fully saturated rings. The fourth-order valence-electron chi connectivity index (χ4n) is 5.47. The zero-order valence-electron chi connectivity index (χ0n) is 23.5. The Balaban J connectivity index is 1.84. The summed E-state index contributed by atoms with van der Waals surface area (Å²) in [5, 5.41) is 18.9. The van der Waals surface area contributed by atoms with Gasteiger partial charge in [-0.2, -0.15) is 0 Å². The zero-order chi connectivity index (χ0) is 27.4. The van der Waals surface area contributed by atoms with Crippen molar-refractivity contribution in [1.29, 1.82) is 0 Å². The number of para-hydroxylation sites is 1. The maximum Gasteiger partial charge on any atom is 0.317 e. The van der Waals surface area contributed by atoms with Crippen molar-refractivity contribution in [3.05, 3.63) is 54.4 Å². The summed E-state index contributed by atoms with van der Waals surface area (Å²) < 4.78 is 11.5. The minimum Gasteiger partial charge on any atom is -0.455 e. The molecule has 3 rings (SSSR count). The van der Waals surface area contributed by atoms with Gasteiger partial charge in [-0.3, -0.25) is 4.98 Å². The second-order valence-electron chi connectivity index (χ2n) is 10.8. The van der Waals surface area contributed by atoms with Gasteiger partial charge < -0.3 is 30.1 Å². The lowest BCUT2D eigenvalue weighted by atomic mass is 9.73. The summed E-state index contributed by atoms with van der Waals surface area (Å²) >= 11 is 0. The van der Waals surface area contributed by atoms with Crippen molar-refractivity contribution in [3.63, 3.8) is 0 Å². The number of carbonyl (C=O) groups excluding carboxylic acids is 1. The number of aromatic nitrogens is 1. The number of urea groups is 1. The molecule has 1 aliphatic heterocycles. The van der Waals surface area contributed by atoms with E-state index in [1.165, 1.54) is 0 Å². The number of unbranched alkanes of at least 4 members (excludes halogenated alkanes) is 1. The van der Waals surface area contributed by atoms with Gasteiger partial charge in [0.2, 0.25) is 0 Å². The highest BCUT2D eigenvalue weighted by Crippen LogP contribution is 2.44. The maximum atomic E-state index is 13.3. The van der Waals surface area contributed by atoms with E-state index in [2.05, 4.69) is 29.5 Å². The lowest BCUT2D eigenvalue weighted by Gasteiger charge is -2.43. The molecule has 1 saturated heterocycles. The lowest BCUT2D eigenvalue weighted by molar-refractivity contribution is -0.0575. The van der Waals surface area contributed by atoms with Crippen molar-refractivity contribution in [1.82, 2.24) is 20.5 Å². The molecule has 0 bridgehead atoms. The van der Waals surface area contributed by atoms with Crippen LogP contribution < -0.4 is 15.4 Å². The number of piperidine rings is 1. The van der Waals surface area contributed by atoms with Gasteiger partial charge in [-0.25, -0.2) is 4.79 Å². The second-order valence-corrected chi connectivity index (χ2v) is 10.8. The van der Waals surface area contributed by atoms with E-state index < -0.39 is 5.60 Å². The molecule has 2 amide bonds. The molecule has 3 N–H and O–H groups in total. The fourth-order valence-corrected chi connectivity index (χ4v) is 5.47. The number of carbonyl (C=O) groups is 1. The van der Waals surface area contributed by atoms with Crippen LogP contribution >= 0.6 is 0 Å². The Bertz CT molecular complexity index is 974. The summed E-state index contributed by atoms with van der Waals surface area (Å²) in [4.78, 5) is 19.4. The quantitative estimate of drug-likeness (QED) is 0.302. The molecule has 2 aromatic rings. The van der Waals surface area contributed by atoms with Gasteiger partial charge >= 0.3 is 6.03 Å². The van der Waals surface area contributed by atoms with Crippen LogP contribution in [0.1, 0.15) is 57.9 Å². The van der Waals surface area contributed by atoms with Crippen LogP contribution in [0.2, 0.25) is 0 Å². The van der Waals surface area contributed by atoms with Crippen LogP contribution in [0, 0.1) is 11.8 Å². The Morgan fingerprint density at radius 2 is 2.05 bits per heavy atom. The van der Waals surface area contributed by atoms with Gasteiger partial charge in [0.25, 0.3) is 0 Å². The van der Waals surface area contributed by atoms with Gasteiger partial charge in [-0.05, 0) is 69.7 Å². The predicted molar refractivity (Wildman–Crippen MR) is 150 cm³/mol. The average molecular weight is 527 g/mol. The first kappa shape index (κ1) is 29.9. The number of likely N-dealkylation sites (tertiary alicyclic amines) is 1. The van der Waals surface area contributed by atoms with Crippen LogP contribution in [0.25, 0.3) is 0 Å². The first-order valence-electron chi connectivity index (χ1n) is 14.0. The average Bonchev–Trinajstić information content (AvgIpc) is 2.92. The SMILES string of the molecule is CNC[C@H](CC(C)C)NC(=O)N1CCC[C@@H]([C@@](O)(CCCCOC)c2ccccc2Oc2cccnc2)C1. The van der Waals surface area contributed by atoms with E-state index >= 15 is 0 Å². The molecule has 8 nitrogen and oxygen atoms in total. The maximum absolute atomic E-state index is 13.3. The van der Waals surface area contributed by atoms with Crippen molar-refractivity contribution < 1.29 is 19.4 Å². The van der Waals surface area contributed by atoms with Crippen LogP contribution in [0.5, 0.6) is 11.5 Å². The molecule has 38 heavy (non-hydrogen) atoms. The van der Waals surface area contributed by atoms with Crippen molar-refractivity contribution in [3.8, 4) is 11.5 Å². The van der Waals surface area contributed by atoms with E-state index in [-0.39, 0.29) is 18.0 Å². The highest BCUT2D eigenvalue weighted by molar-refractivity contribution is 5.74. The molecular formula is C30H46N4O4. The Labute approximate surface area is 228 Å². The lowest BCUT2D eigenvalue weighted by Crippen LogP contribution is -2.54. The zero-order valence-corrected chi connectivity index (χ0v) is 23.5. The monoisotopic (exact) mass is 526 g/mol. The summed E-state index contributed by atoms with van der Waals surface area (Å²) in [6.07, 6.45) is 8.15. The Morgan fingerprint density at radius 3 is 2.76 bits per heavy atom. The Hall–Kier alpha value is -2.68. The van der Waals surface area contributed by atoms with Crippen LogP contribution in [0.4, 0.5) is 4.79 Å². The molecule has 2 heterocycles. The number of nitrogens with zero attached hydrogens (tertiary/aromatic N) is 2. The van der Waals surface area contributed by atoms with Crippen molar-refractivity contribution in [2.24, 2.45) is 11.8 Å². The smallest absolute Gasteiger partial charge is 0.317 e. The van der Waals surface area contributed by atoms with Gasteiger partial charge in [0.05, 0.1) is 11.8 Å². The fraction of sp³-hybridized carbons (Fsp3) is 0.600. The van der Waals surface area contributed by atoms with E-state index in [0.29, 0.717) is 43.5 Å². The number of likely N-dealkylation sites (N-methyl/N-ethyl adjacent to an activating group) is 1. The standard InChI is InChI=1S/C30H46N4O4/c1-23(2)19-25(20-31-3)33-29(35)34-17-10-11-24(22-34)30(36,15-7-8-18-37-4)27-13-5-6-14-28(27)38-26-12-9-16-32-21-26/h5-6,9,12-14,16,21,23-25,31,36H,7-8,10-11,15,17-20,22H2,1-4H3,(H,33,35)/t24-,25+,30+/m1/s1. The highest BCUT2D eigenvalue weighted by Gasteiger charge is 2.43. The number of hydrogen-bond donors (Lipinski definition) is 3. The number of pyridine rings is 1. The molecular weight excluding hydrogens is 480 g/mol. The van der Waals surface area contributed by atoms with Crippen molar-refractivity contribution in [2.45, 2.75) is 64.0 Å². The number of ether oxygens (including phenoxy) is 2. The number of amides is 2. The van der Waals surface area contributed by atoms with Gasteiger partial charge in [0.15, 0.2) is 0 Å². The van der Waals surface area contributed by atoms with Crippen LogP contribution in [-0.4, -0.2) is 67.5 Å². The third-order valence-electron chi connectivity index (χ3n) is 7.29. The van der Waals surface area contributed by atoms with E-state index in [9.17, 15) is 9.90 Å². The van der Waals surface area contributed by atoms with E-state index in [1.807, 2.05) is 48.3 Å². The normalized spacial score (nSPS) is 18.2. The first-order valence-corrected chi connectivity index (χ1v) is 14.0. The van der Waals surface area contributed by atoms with Crippen molar-refractivity contribution >= 4 is 6.03 Å². The molecule has 0 saturated carbocycles. The Morgan fingerprint density at radius 1 is 1.24 bits per heavy atom. The molecule has 3 atom stereocenters. The molecule has 1 aromatic heterocycles. The van der Waals surface area contributed by atoms with Crippen LogP contribution in [0.15, 0.2) is 48.8 Å². The molecule has 0 aliphatic carbocycles. The number of methoxy groups -OCH3 is 1. The molecule has 0 spiro atoms. The van der Waals surface area contributed by atoms with Crippen molar-refractivity contribution in [2.75, 3.05) is 40.4 Å². The minimum absolute atomic E-state index is 0.0581. The number of benzene rings is 1. The summed E-state index contributed by atoms with van der Waals surface area (Å²) in [7, 11) is 3.60. The molecule has 0 unspecified atom stereocenters. The molecule has 8 heteroatoms. The summed E-state index contributed by atoms with van der Waals surface area (Å²) in [5.41, 5.74) is -0.408. The van der Waals surface area contributed by atoms with Gasteiger partial charge in [0, 0.05) is 57.1 Å². The second kappa shape index (κ2) is 15.0. The minimum atomic E-state index is -1.16. The van der Waals surface area contributed by atoms with Gasteiger partial charge in [0.1, 0.15) is 11.5 Å². The number of hydrogen-bond acceptors (Lipinski definition) is 6. The summed E-state index contributed by atoms with van der Waals surface area (Å²) in [6.45, 7) is 6.88. The highest BCUT2D eigenvalue weighted by atomic mass is 16.5. The topological polar surface area (TPSA) is 96.0 Å². The van der Waals surface area contributed by atoms with E-state index in [4.69, 9.17) is 9.47 Å². The molecule has 0 radical (unpaired) electrons. The number of aliphatic hydroxyl groups is 1. The van der Waals surface area contributed by atoms with Gasteiger partial charge in [-0.15, -0.1) is 0 Å². The molecule has 210 valence electrons.